The summed E-state index contributed by atoms with van der Waals surface area (Å²) < 4.78 is 43.3. The minimum atomic E-state index is -4.31. The van der Waals surface area contributed by atoms with Crippen LogP contribution in [0.2, 0.25) is 0 Å². The fraction of sp³-hybridized carbons (Fsp3) is 0.500. The maximum atomic E-state index is 12.5. The minimum absolute atomic E-state index is 0.302. The lowest BCUT2D eigenvalue weighted by Crippen LogP contribution is -2.21. The number of thiophene rings is 1. The Morgan fingerprint density at radius 2 is 2.20 bits per heavy atom. The van der Waals surface area contributed by atoms with E-state index in [1.54, 1.807) is 0 Å². The molecule has 0 spiro atoms. The monoisotopic (exact) mass is 305 g/mol. The Balaban J connectivity index is 2.17. The van der Waals surface area contributed by atoms with Gasteiger partial charge in [0.2, 0.25) is 0 Å². The first-order chi connectivity index (χ1) is 9.48. The molecule has 0 aromatic carbocycles. The van der Waals surface area contributed by atoms with E-state index in [0.717, 1.165) is 9.56 Å². The first-order valence-corrected chi connectivity index (χ1v) is 6.86. The lowest BCUT2D eigenvalue weighted by atomic mass is 10.3. The van der Waals surface area contributed by atoms with Crippen molar-refractivity contribution in [2.75, 3.05) is 13.7 Å². The summed E-state index contributed by atoms with van der Waals surface area (Å²) in [4.78, 5) is 5.21. The first kappa shape index (κ1) is 15.0. The molecule has 0 aliphatic rings. The van der Waals surface area contributed by atoms with Crippen molar-refractivity contribution in [2.24, 2.45) is 0 Å². The average Bonchev–Trinajstić information content (AvgIpc) is 2.95. The Bertz CT molecular complexity index is 537. The van der Waals surface area contributed by atoms with E-state index >= 15 is 0 Å². The molecule has 110 valence electrons. The van der Waals surface area contributed by atoms with Crippen LogP contribution in [-0.4, -0.2) is 34.7 Å². The number of rotatable bonds is 6. The molecule has 0 aliphatic carbocycles. The Morgan fingerprint density at radius 3 is 2.80 bits per heavy atom. The van der Waals surface area contributed by atoms with Crippen LogP contribution in [0.5, 0.6) is 0 Å². The van der Waals surface area contributed by atoms with E-state index in [2.05, 4.69) is 10.1 Å². The quantitative estimate of drug-likeness (QED) is 0.824. The summed E-state index contributed by atoms with van der Waals surface area (Å²) in [5.41, 5.74) is 0. The summed E-state index contributed by atoms with van der Waals surface area (Å²) in [6.45, 7) is -0.807. The van der Waals surface area contributed by atoms with Crippen LogP contribution in [0.3, 0.4) is 0 Å². The third-order valence-electron chi connectivity index (χ3n) is 2.56. The van der Waals surface area contributed by atoms with Crippen molar-refractivity contribution in [2.45, 2.75) is 25.6 Å². The second kappa shape index (κ2) is 6.36. The lowest BCUT2D eigenvalue weighted by molar-refractivity contribution is -0.143. The van der Waals surface area contributed by atoms with E-state index in [1.165, 1.54) is 18.4 Å². The van der Waals surface area contributed by atoms with Gasteiger partial charge in [0, 0.05) is 24.8 Å². The zero-order chi connectivity index (χ0) is 14.6. The van der Waals surface area contributed by atoms with Crippen LogP contribution < -0.4 is 0 Å². The number of nitrogens with zero attached hydrogens (tertiary/aromatic N) is 3. The highest BCUT2D eigenvalue weighted by Crippen LogP contribution is 2.19. The first-order valence-electron chi connectivity index (χ1n) is 5.98. The van der Waals surface area contributed by atoms with Crippen molar-refractivity contribution in [3.8, 4) is 0 Å². The second-order valence-corrected chi connectivity index (χ2v) is 5.25. The molecule has 2 heterocycles. The molecular weight excluding hydrogens is 291 g/mol. The number of hydrogen-bond acceptors (Lipinski definition) is 4. The van der Waals surface area contributed by atoms with Gasteiger partial charge in [-0.25, -0.2) is 9.67 Å². The molecule has 2 rings (SSSR count). The van der Waals surface area contributed by atoms with E-state index in [1.807, 2.05) is 17.5 Å². The molecule has 0 saturated heterocycles. The summed E-state index contributed by atoms with van der Waals surface area (Å²) >= 11 is 1.53. The number of halogens is 3. The summed E-state index contributed by atoms with van der Waals surface area (Å²) in [7, 11) is 1.50. The molecule has 8 heteroatoms. The van der Waals surface area contributed by atoms with Crippen LogP contribution in [0, 0.1) is 0 Å². The van der Waals surface area contributed by atoms with Crippen molar-refractivity contribution >= 4 is 11.3 Å². The molecule has 2 aromatic rings. The summed E-state index contributed by atoms with van der Waals surface area (Å²) in [6, 6.07) is 3.79. The van der Waals surface area contributed by atoms with Gasteiger partial charge in [0.15, 0.2) is 5.82 Å². The van der Waals surface area contributed by atoms with Crippen LogP contribution in [0.15, 0.2) is 17.5 Å². The molecule has 0 radical (unpaired) electrons. The van der Waals surface area contributed by atoms with Crippen LogP contribution in [0.25, 0.3) is 0 Å². The van der Waals surface area contributed by atoms with Crippen LogP contribution in [0.1, 0.15) is 16.5 Å². The normalized spacial score (nSPS) is 12.0. The molecule has 2 aromatic heterocycles. The predicted molar refractivity (Wildman–Crippen MR) is 68.8 cm³/mol. The van der Waals surface area contributed by atoms with Crippen molar-refractivity contribution in [1.82, 2.24) is 14.8 Å². The van der Waals surface area contributed by atoms with E-state index in [9.17, 15) is 13.2 Å². The van der Waals surface area contributed by atoms with Crippen molar-refractivity contribution in [3.05, 3.63) is 34.0 Å². The minimum Gasteiger partial charge on any atom is -0.384 e. The Labute approximate surface area is 118 Å². The molecule has 0 bridgehead atoms. The Kier molecular flexibility index (Phi) is 4.77. The van der Waals surface area contributed by atoms with Gasteiger partial charge in [-0.15, -0.1) is 11.3 Å². The van der Waals surface area contributed by atoms with Gasteiger partial charge in [-0.3, -0.25) is 0 Å². The molecule has 0 unspecified atom stereocenters. The predicted octanol–water partition coefficient (Wildman–Crippen LogP) is 2.68. The van der Waals surface area contributed by atoms with E-state index in [4.69, 9.17) is 4.74 Å². The molecule has 0 amide bonds. The van der Waals surface area contributed by atoms with Gasteiger partial charge in [-0.1, -0.05) is 6.07 Å². The highest BCUT2D eigenvalue weighted by molar-refractivity contribution is 7.09. The molecule has 20 heavy (non-hydrogen) atoms. The molecule has 0 atom stereocenters. The highest BCUT2D eigenvalue weighted by atomic mass is 32.1. The standard InChI is InChI=1S/C12H14F3N3OS/c1-19-5-4-11-16-10(7-9-3-2-6-20-9)17-18(11)8-12(13,14)15/h2-3,6H,4-5,7-8H2,1H3. The molecular formula is C12H14F3N3OS. The maximum Gasteiger partial charge on any atom is 0.408 e. The van der Waals surface area contributed by atoms with Gasteiger partial charge in [-0.2, -0.15) is 18.3 Å². The van der Waals surface area contributed by atoms with E-state index in [-0.39, 0.29) is 0 Å². The zero-order valence-corrected chi connectivity index (χ0v) is 11.7. The number of ether oxygens (including phenoxy) is 1. The van der Waals surface area contributed by atoms with Gasteiger partial charge in [0.05, 0.1) is 6.61 Å². The second-order valence-electron chi connectivity index (χ2n) is 4.22. The third kappa shape index (κ3) is 4.31. The fourth-order valence-corrected chi connectivity index (χ4v) is 2.45. The molecule has 4 nitrogen and oxygen atoms in total. The summed E-state index contributed by atoms with van der Waals surface area (Å²) in [6.07, 6.45) is -3.55. The van der Waals surface area contributed by atoms with E-state index < -0.39 is 12.7 Å². The van der Waals surface area contributed by atoms with Gasteiger partial charge in [0.25, 0.3) is 0 Å². The van der Waals surface area contributed by atoms with Gasteiger partial charge >= 0.3 is 6.18 Å². The van der Waals surface area contributed by atoms with Crippen molar-refractivity contribution in [1.29, 1.82) is 0 Å². The molecule has 0 aliphatic heterocycles. The molecule has 0 fully saturated rings. The maximum absolute atomic E-state index is 12.5. The topological polar surface area (TPSA) is 39.9 Å². The Hall–Kier alpha value is -1.41. The number of aromatic nitrogens is 3. The largest absolute Gasteiger partial charge is 0.408 e. The van der Waals surface area contributed by atoms with Gasteiger partial charge in [-0.05, 0) is 11.4 Å². The van der Waals surface area contributed by atoms with E-state index in [0.29, 0.717) is 31.1 Å². The summed E-state index contributed by atoms with van der Waals surface area (Å²) in [5, 5.41) is 5.87. The summed E-state index contributed by atoms with van der Waals surface area (Å²) in [5.74, 6) is 0.707. The number of methoxy groups -OCH3 is 1. The SMILES string of the molecule is COCCc1nc(Cc2cccs2)nn1CC(F)(F)F. The fourth-order valence-electron chi connectivity index (χ4n) is 1.74. The Morgan fingerprint density at radius 1 is 1.40 bits per heavy atom. The van der Waals surface area contributed by atoms with Gasteiger partial charge < -0.3 is 4.74 Å². The van der Waals surface area contributed by atoms with Crippen LogP contribution in [0.4, 0.5) is 13.2 Å². The average molecular weight is 305 g/mol. The lowest BCUT2D eigenvalue weighted by Gasteiger charge is -2.08. The third-order valence-corrected chi connectivity index (χ3v) is 3.44. The number of alkyl halides is 3. The highest BCUT2D eigenvalue weighted by Gasteiger charge is 2.30. The smallest absolute Gasteiger partial charge is 0.384 e. The number of hydrogen-bond donors (Lipinski definition) is 0. The van der Waals surface area contributed by atoms with Crippen molar-refractivity contribution < 1.29 is 17.9 Å². The van der Waals surface area contributed by atoms with Crippen molar-refractivity contribution in [3.63, 3.8) is 0 Å². The zero-order valence-electron chi connectivity index (χ0n) is 10.9. The van der Waals surface area contributed by atoms with Gasteiger partial charge in [0.1, 0.15) is 12.4 Å². The molecule has 0 saturated carbocycles. The molecule has 0 N–H and O–H groups in total. The van der Waals surface area contributed by atoms with Crippen LogP contribution in [-0.2, 0) is 24.1 Å². The van der Waals surface area contributed by atoms with Crippen LogP contribution >= 0.6 is 11.3 Å².